The molecule has 248 valence electrons. The minimum absolute atomic E-state index is 0.115. The number of nitrogens with zero attached hydrogens (tertiary/aromatic N) is 1. The van der Waals surface area contributed by atoms with E-state index in [1.807, 2.05) is 5.16 Å². The summed E-state index contributed by atoms with van der Waals surface area (Å²) < 4.78 is 33.5. The van der Waals surface area contributed by atoms with E-state index in [2.05, 4.69) is 17.2 Å². The van der Waals surface area contributed by atoms with Crippen molar-refractivity contribution < 1.29 is 73.1 Å². The van der Waals surface area contributed by atoms with Gasteiger partial charge in [-0.05, 0) is 26.1 Å². The van der Waals surface area contributed by atoms with E-state index in [-0.39, 0.29) is 12.1 Å². The number of hydrogen-bond donors (Lipinski definition) is 6. The van der Waals surface area contributed by atoms with Crippen molar-refractivity contribution in [3.05, 3.63) is 23.1 Å². The van der Waals surface area contributed by atoms with Crippen molar-refractivity contribution in [2.75, 3.05) is 13.7 Å². The second-order valence-corrected chi connectivity index (χ2v) is 10.6. The van der Waals surface area contributed by atoms with E-state index in [0.717, 1.165) is 6.92 Å². The van der Waals surface area contributed by atoms with Crippen molar-refractivity contribution in [2.24, 2.45) is 4.99 Å². The van der Waals surface area contributed by atoms with Crippen LogP contribution in [0.5, 0.6) is 0 Å². The molecule has 2 fully saturated rings. The third-order valence-corrected chi connectivity index (χ3v) is 7.65. The van der Waals surface area contributed by atoms with Crippen LogP contribution < -0.4 is 0 Å². The van der Waals surface area contributed by atoms with Crippen LogP contribution in [0.25, 0.3) is 0 Å². The topological polar surface area (TPSA) is 261 Å². The molecule has 2 aliphatic heterocycles. The van der Waals surface area contributed by atoms with E-state index in [1.54, 1.807) is 0 Å². The first-order chi connectivity index (χ1) is 21.1. The number of isothiocyanates is 1. The van der Waals surface area contributed by atoms with Gasteiger partial charge in [-0.3, -0.25) is 15.0 Å². The van der Waals surface area contributed by atoms with E-state index in [9.17, 15) is 44.7 Å². The van der Waals surface area contributed by atoms with Crippen molar-refractivity contribution in [2.45, 2.75) is 94.3 Å². The molecule has 0 saturated carbocycles. The first-order valence-electron chi connectivity index (χ1n) is 13.6. The maximum absolute atomic E-state index is 13.1. The highest BCUT2D eigenvalue weighted by Gasteiger charge is 2.61. The second kappa shape index (κ2) is 14.8. The number of esters is 2. The lowest BCUT2D eigenvalue weighted by Gasteiger charge is -2.50. The predicted octanol–water partition coefficient (Wildman–Crippen LogP) is -0.887. The molecule has 0 amide bonds. The molecule has 0 aromatic heterocycles. The number of aliphatic imine (C=N–C) groups is 1. The van der Waals surface area contributed by atoms with Gasteiger partial charge in [0, 0.05) is 20.5 Å². The molecular weight excluding hydrogens is 624 g/mol. The third-order valence-electron chi connectivity index (χ3n) is 7.56. The highest BCUT2D eigenvalue weighted by molar-refractivity contribution is 7.78. The van der Waals surface area contributed by atoms with Crippen LogP contribution in [-0.2, 0) is 47.6 Å². The lowest BCUT2D eigenvalue weighted by Crippen LogP contribution is -2.69. The van der Waals surface area contributed by atoms with Gasteiger partial charge < -0.3 is 54.0 Å². The van der Waals surface area contributed by atoms with Crippen LogP contribution >= 0.6 is 12.2 Å². The number of aliphatic hydroxyl groups excluding tert-OH is 3. The molecule has 0 bridgehead atoms. The number of methoxy groups -OCH3 is 1. The minimum Gasteiger partial charge on any atom is -0.508 e. The number of thiocarbonyl (C=S) groups is 1. The van der Waals surface area contributed by atoms with Gasteiger partial charge in [0.05, 0.1) is 23.8 Å². The lowest BCUT2D eigenvalue weighted by molar-refractivity contribution is -0.325. The fourth-order valence-electron chi connectivity index (χ4n) is 5.26. The number of nitrogens with one attached hydrogen (secondary N) is 1. The molecule has 0 spiro atoms. The Morgan fingerprint density at radius 3 is 2.44 bits per heavy atom. The number of rotatable bonds is 10. The van der Waals surface area contributed by atoms with Gasteiger partial charge in [0.15, 0.2) is 29.5 Å². The third kappa shape index (κ3) is 7.51. The highest BCUT2D eigenvalue weighted by atomic mass is 32.1. The van der Waals surface area contributed by atoms with E-state index in [4.69, 9.17) is 33.8 Å². The molecule has 2 heterocycles. The van der Waals surface area contributed by atoms with Gasteiger partial charge in [-0.1, -0.05) is 6.08 Å². The first kappa shape index (κ1) is 36.0. The Kier molecular flexibility index (Phi) is 11.8. The molecule has 0 radical (unpaired) electrons. The number of carboxylic acid groups (broad SMARTS) is 1. The number of carboxylic acids is 1. The number of aliphatic hydroxyl groups is 4. The van der Waals surface area contributed by atoms with E-state index in [0.29, 0.717) is 0 Å². The normalized spacial score (nSPS) is 35.8. The van der Waals surface area contributed by atoms with Gasteiger partial charge >= 0.3 is 17.9 Å². The van der Waals surface area contributed by atoms with Gasteiger partial charge in [0.2, 0.25) is 0 Å². The van der Waals surface area contributed by atoms with Crippen molar-refractivity contribution in [1.29, 1.82) is 5.41 Å². The summed E-state index contributed by atoms with van der Waals surface area (Å²) in [7, 11) is 1.33. The molecule has 18 heteroatoms. The van der Waals surface area contributed by atoms with Gasteiger partial charge in [0.25, 0.3) is 0 Å². The number of aliphatic carboxylic acids is 1. The Morgan fingerprint density at radius 1 is 1.22 bits per heavy atom. The Bertz CT molecular complexity index is 1330. The van der Waals surface area contributed by atoms with E-state index >= 15 is 0 Å². The lowest BCUT2D eigenvalue weighted by atomic mass is 9.74. The van der Waals surface area contributed by atoms with Gasteiger partial charge in [-0.2, -0.15) is 4.99 Å². The van der Waals surface area contributed by atoms with Crippen molar-refractivity contribution in [1.82, 2.24) is 0 Å². The summed E-state index contributed by atoms with van der Waals surface area (Å²) >= 11 is 4.56. The molecule has 45 heavy (non-hydrogen) atoms. The average Bonchev–Trinajstić information content (AvgIpc) is 2.97. The zero-order valence-corrected chi connectivity index (χ0v) is 25.4. The second-order valence-electron chi connectivity index (χ2n) is 10.4. The molecule has 6 N–H and O–H groups in total. The van der Waals surface area contributed by atoms with Crippen LogP contribution in [-0.4, -0.2) is 135 Å². The highest BCUT2D eigenvalue weighted by Crippen LogP contribution is 2.41. The predicted molar refractivity (Wildman–Crippen MR) is 150 cm³/mol. The summed E-state index contributed by atoms with van der Waals surface area (Å²) in [4.78, 5) is 52.9. The fraction of sp³-hybridized carbons (Fsp3) is 0.630. The number of hydrogen-bond acceptors (Lipinski definition) is 17. The van der Waals surface area contributed by atoms with Crippen LogP contribution in [0.2, 0.25) is 0 Å². The summed E-state index contributed by atoms with van der Waals surface area (Å²) in [6, 6.07) is 0. The molecule has 17 nitrogen and oxygen atoms in total. The van der Waals surface area contributed by atoms with Crippen molar-refractivity contribution in [3.63, 3.8) is 0 Å². The minimum atomic E-state index is -2.96. The Labute approximate surface area is 261 Å². The number of Topliss-reactive ketones (excluding diaryl/α,β-unsaturated/α-hetero) is 1. The van der Waals surface area contributed by atoms with Crippen LogP contribution in [0.1, 0.15) is 33.6 Å². The largest absolute Gasteiger partial charge is 0.508 e. The molecular formula is C27H34N2O15S. The fourth-order valence-corrected chi connectivity index (χ4v) is 5.35. The zero-order chi connectivity index (χ0) is 33.8. The van der Waals surface area contributed by atoms with E-state index in [1.165, 1.54) is 27.0 Å². The molecule has 3 rings (SSSR count). The quantitative estimate of drug-likeness (QED) is 0.0720. The Morgan fingerprint density at radius 2 is 1.89 bits per heavy atom. The van der Waals surface area contributed by atoms with Crippen molar-refractivity contribution in [3.8, 4) is 0 Å². The molecule has 0 aromatic rings. The standard InChI is InChI=1S/C27H34N2O15S/c1-5-12(29-9-45)26(37)44-21-15(8-40-11(3)30)42-24(27(38)7-13(31)18(28)17(23(27)34)25(35)36)20(33)22(21)43-16-6-14(39-4)19(32)10(2)41-16/h5,10,14-16,19-22,24,28,32-34,38H,6-8H2,1-4H3,(H,35,36). The molecule has 2 saturated heterocycles. The van der Waals surface area contributed by atoms with Gasteiger partial charge in [0.1, 0.15) is 54.2 Å². The summed E-state index contributed by atoms with van der Waals surface area (Å²) in [5.41, 5.74) is -5.61. The summed E-state index contributed by atoms with van der Waals surface area (Å²) in [5.74, 6) is -6.42. The number of ketones is 1. The van der Waals surface area contributed by atoms with Gasteiger partial charge in [-0.25, -0.2) is 9.59 Å². The smallest absolute Gasteiger partial charge is 0.357 e. The van der Waals surface area contributed by atoms with Crippen LogP contribution in [0.4, 0.5) is 0 Å². The molecule has 10 unspecified atom stereocenters. The number of carbonyl (C=O) groups excluding carboxylic acids is 3. The van der Waals surface area contributed by atoms with E-state index < -0.39 is 114 Å². The number of carbonyl (C=O) groups is 4. The Balaban J connectivity index is 2.15. The first-order valence-corrected chi connectivity index (χ1v) is 14.0. The number of allylic oxidation sites excluding steroid dienone is 1. The SMILES string of the molecule is CC=C(N=C=S)C(=O)OC1C(COC(C)=O)OC(C2(O)CC(=O)C(=N)C(C(=O)O)=C2O)C(O)C1OC1CC(OC)C(O)C(C)O1. The average molecular weight is 659 g/mol. The monoisotopic (exact) mass is 658 g/mol. The van der Waals surface area contributed by atoms with Crippen LogP contribution in [0, 0.1) is 5.41 Å². The molecule has 10 atom stereocenters. The maximum atomic E-state index is 13.1. The van der Waals surface area contributed by atoms with Crippen molar-refractivity contribution >= 4 is 46.8 Å². The van der Waals surface area contributed by atoms with Crippen LogP contribution in [0.3, 0.4) is 0 Å². The zero-order valence-electron chi connectivity index (χ0n) is 24.6. The molecule has 1 aliphatic carbocycles. The summed E-state index contributed by atoms with van der Waals surface area (Å²) in [6.45, 7) is 3.31. The number of ether oxygens (including phenoxy) is 6. The molecule has 0 aromatic carbocycles. The van der Waals surface area contributed by atoms with Gasteiger partial charge in [-0.15, -0.1) is 0 Å². The summed E-state index contributed by atoms with van der Waals surface area (Å²) in [5, 5.41) is 63.9. The summed E-state index contributed by atoms with van der Waals surface area (Å²) in [6.07, 6.45) is -13.3. The maximum Gasteiger partial charge on any atom is 0.357 e. The molecule has 3 aliphatic rings. The van der Waals surface area contributed by atoms with Crippen LogP contribution in [0.15, 0.2) is 28.1 Å². The Hall–Kier alpha value is -3.45.